The van der Waals surface area contributed by atoms with Crippen LogP contribution in [0.5, 0.6) is 0 Å². The molecule has 0 heterocycles. The standard InChI is InChI=1S/C14H21NO5S/c1-19-9-7-15(8-10-20-2)14(16)12-5-4-6-13(11-12)21(3,17)18/h4-6,11H,7-10H2,1-3H3. The molecule has 0 radical (unpaired) electrons. The predicted octanol–water partition coefficient (Wildman–Crippen LogP) is 0.825. The van der Waals surface area contributed by atoms with Crippen LogP contribution in [0.4, 0.5) is 0 Å². The average Bonchev–Trinajstić information content (AvgIpc) is 2.46. The SMILES string of the molecule is COCCN(CCOC)C(=O)c1cccc(S(C)(=O)=O)c1. The fraction of sp³-hybridized carbons (Fsp3) is 0.500. The number of hydrogen-bond donors (Lipinski definition) is 0. The minimum Gasteiger partial charge on any atom is -0.383 e. The third-order valence-corrected chi connectivity index (χ3v) is 4.04. The smallest absolute Gasteiger partial charge is 0.254 e. The Morgan fingerprint density at radius 2 is 1.71 bits per heavy atom. The molecule has 1 aromatic rings. The molecule has 0 saturated carbocycles. The van der Waals surface area contributed by atoms with E-state index in [0.717, 1.165) is 6.26 Å². The summed E-state index contributed by atoms with van der Waals surface area (Å²) in [6.07, 6.45) is 1.12. The van der Waals surface area contributed by atoms with Gasteiger partial charge in [-0.05, 0) is 18.2 Å². The van der Waals surface area contributed by atoms with E-state index in [1.165, 1.54) is 12.1 Å². The number of amides is 1. The summed E-state index contributed by atoms with van der Waals surface area (Å²) in [4.78, 5) is 14.2. The Bertz CT molecular complexity index is 562. The molecule has 0 aliphatic rings. The Kier molecular flexibility index (Phi) is 6.80. The number of rotatable bonds is 8. The van der Waals surface area contributed by atoms with Crippen molar-refractivity contribution >= 4 is 15.7 Å². The minimum atomic E-state index is -3.34. The highest BCUT2D eigenvalue weighted by molar-refractivity contribution is 7.90. The van der Waals surface area contributed by atoms with Gasteiger partial charge in [-0.25, -0.2) is 8.42 Å². The van der Waals surface area contributed by atoms with Gasteiger partial charge in [0.2, 0.25) is 0 Å². The van der Waals surface area contributed by atoms with Crippen molar-refractivity contribution in [2.45, 2.75) is 4.90 Å². The Morgan fingerprint density at radius 3 is 2.19 bits per heavy atom. The van der Waals surface area contributed by atoms with Gasteiger partial charge in [0.05, 0.1) is 18.1 Å². The monoisotopic (exact) mass is 315 g/mol. The number of ether oxygens (including phenoxy) is 2. The lowest BCUT2D eigenvalue weighted by atomic mass is 10.2. The van der Waals surface area contributed by atoms with Crippen LogP contribution in [0.1, 0.15) is 10.4 Å². The second kappa shape index (κ2) is 8.11. The molecule has 0 aliphatic heterocycles. The first kappa shape index (κ1) is 17.6. The zero-order valence-corrected chi connectivity index (χ0v) is 13.4. The van der Waals surface area contributed by atoms with Crippen LogP contribution in [0.15, 0.2) is 29.2 Å². The van der Waals surface area contributed by atoms with Crippen LogP contribution < -0.4 is 0 Å². The maximum absolute atomic E-state index is 12.5. The molecule has 0 N–H and O–H groups in total. The Morgan fingerprint density at radius 1 is 1.14 bits per heavy atom. The Balaban J connectivity index is 2.97. The first-order valence-corrected chi connectivity index (χ1v) is 8.36. The first-order valence-electron chi connectivity index (χ1n) is 6.47. The summed E-state index contributed by atoms with van der Waals surface area (Å²) >= 11 is 0. The fourth-order valence-electron chi connectivity index (χ4n) is 1.76. The summed E-state index contributed by atoms with van der Waals surface area (Å²) in [6, 6.07) is 6.03. The maximum atomic E-state index is 12.5. The lowest BCUT2D eigenvalue weighted by Crippen LogP contribution is -2.36. The van der Waals surface area contributed by atoms with Crippen molar-refractivity contribution in [2.24, 2.45) is 0 Å². The molecule has 1 amide bonds. The molecule has 0 atom stereocenters. The van der Waals surface area contributed by atoms with Crippen molar-refractivity contribution in [3.8, 4) is 0 Å². The minimum absolute atomic E-state index is 0.131. The molecule has 0 aliphatic carbocycles. The number of carbonyl (C=O) groups is 1. The molecule has 21 heavy (non-hydrogen) atoms. The van der Waals surface area contributed by atoms with Gasteiger partial charge in [0.25, 0.3) is 5.91 Å². The molecule has 0 bridgehead atoms. The number of methoxy groups -OCH3 is 2. The van der Waals surface area contributed by atoms with E-state index >= 15 is 0 Å². The maximum Gasteiger partial charge on any atom is 0.254 e. The van der Waals surface area contributed by atoms with Gasteiger partial charge in [0, 0.05) is 39.1 Å². The third-order valence-electron chi connectivity index (χ3n) is 2.93. The molecular weight excluding hydrogens is 294 g/mol. The summed E-state index contributed by atoms with van der Waals surface area (Å²) in [5.41, 5.74) is 0.338. The highest BCUT2D eigenvalue weighted by Crippen LogP contribution is 2.13. The van der Waals surface area contributed by atoms with E-state index in [-0.39, 0.29) is 10.8 Å². The molecule has 1 aromatic carbocycles. The van der Waals surface area contributed by atoms with Gasteiger partial charge in [0.1, 0.15) is 0 Å². The van der Waals surface area contributed by atoms with Gasteiger partial charge in [-0.15, -0.1) is 0 Å². The topological polar surface area (TPSA) is 72.9 Å². The molecule has 1 rings (SSSR count). The molecule has 0 saturated heterocycles. The van der Waals surface area contributed by atoms with Crippen molar-refractivity contribution in [2.75, 3.05) is 46.8 Å². The third kappa shape index (κ3) is 5.45. The molecular formula is C14H21NO5S. The quantitative estimate of drug-likeness (QED) is 0.710. The number of benzene rings is 1. The van der Waals surface area contributed by atoms with E-state index in [0.29, 0.717) is 31.9 Å². The molecule has 7 heteroatoms. The van der Waals surface area contributed by atoms with E-state index in [9.17, 15) is 13.2 Å². The first-order chi connectivity index (χ1) is 9.90. The summed E-state index contributed by atoms with van der Waals surface area (Å²) < 4.78 is 33.1. The molecule has 6 nitrogen and oxygen atoms in total. The van der Waals surface area contributed by atoms with Gasteiger partial charge in [-0.2, -0.15) is 0 Å². The van der Waals surface area contributed by atoms with E-state index < -0.39 is 9.84 Å². The van der Waals surface area contributed by atoms with Gasteiger partial charge in [0.15, 0.2) is 9.84 Å². The Hall–Kier alpha value is -1.44. The zero-order chi connectivity index (χ0) is 15.9. The largest absolute Gasteiger partial charge is 0.383 e. The summed E-state index contributed by atoms with van der Waals surface area (Å²) in [5.74, 6) is -0.241. The number of carbonyl (C=O) groups excluding carboxylic acids is 1. The summed E-state index contributed by atoms with van der Waals surface area (Å²) in [7, 11) is -0.221. The van der Waals surface area contributed by atoms with Crippen LogP contribution in [0.25, 0.3) is 0 Å². The molecule has 0 fully saturated rings. The van der Waals surface area contributed by atoms with Crippen LogP contribution in [-0.2, 0) is 19.3 Å². The molecule has 118 valence electrons. The lowest BCUT2D eigenvalue weighted by Gasteiger charge is -2.22. The Labute approximate surface area is 125 Å². The van der Waals surface area contributed by atoms with Crippen LogP contribution in [0, 0.1) is 0 Å². The second-order valence-corrected chi connectivity index (χ2v) is 6.59. The normalized spacial score (nSPS) is 11.4. The van der Waals surface area contributed by atoms with E-state index in [2.05, 4.69) is 0 Å². The molecule has 0 unspecified atom stereocenters. The van der Waals surface area contributed by atoms with Gasteiger partial charge >= 0.3 is 0 Å². The van der Waals surface area contributed by atoms with Gasteiger partial charge in [-0.3, -0.25) is 4.79 Å². The lowest BCUT2D eigenvalue weighted by molar-refractivity contribution is 0.0627. The van der Waals surface area contributed by atoms with Crippen LogP contribution in [-0.4, -0.2) is 66.0 Å². The van der Waals surface area contributed by atoms with Crippen molar-refractivity contribution in [1.29, 1.82) is 0 Å². The van der Waals surface area contributed by atoms with Crippen molar-refractivity contribution in [3.05, 3.63) is 29.8 Å². The van der Waals surface area contributed by atoms with Gasteiger partial charge < -0.3 is 14.4 Å². The number of hydrogen-bond acceptors (Lipinski definition) is 5. The van der Waals surface area contributed by atoms with E-state index in [1.807, 2.05) is 0 Å². The van der Waals surface area contributed by atoms with Crippen LogP contribution in [0.3, 0.4) is 0 Å². The number of sulfone groups is 1. The average molecular weight is 315 g/mol. The predicted molar refractivity (Wildman–Crippen MR) is 79.2 cm³/mol. The molecule has 0 aromatic heterocycles. The number of nitrogens with zero attached hydrogens (tertiary/aromatic N) is 1. The summed E-state index contributed by atoms with van der Waals surface area (Å²) in [5, 5.41) is 0. The highest BCUT2D eigenvalue weighted by atomic mass is 32.2. The van der Waals surface area contributed by atoms with Crippen molar-refractivity contribution in [3.63, 3.8) is 0 Å². The van der Waals surface area contributed by atoms with Crippen molar-refractivity contribution in [1.82, 2.24) is 4.90 Å². The van der Waals surface area contributed by atoms with Crippen LogP contribution >= 0.6 is 0 Å². The van der Waals surface area contributed by atoms with E-state index in [1.54, 1.807) is 31.3 Å². The second-order valence-electron chi connectivity index (χ2n) is 4.58. The highest BCUT2D eigenvalue weighted by Gasteiger charge is 2.17. The zero-order valence-electron chi connectivity index (χ0n) is 12.5. The van der Waals surface area contributed by atoms with Crippen LogP contribution in [0.2, 0.25) is 0 Å². The fourth-order valence-corrected chi connectivity index (χ4v) is 2.43. The van der Waals surface area contributed by atoms with E-state index in [4.69, 9.17) is 9.47 Å². The molecule has 0 spiro atoms. The van der Waals surface area contributed by atoms with Crippen molar-refractivity contribution < 1.29 is 22.7 Å². The summed E-state index contributed by atoms with van der Waals surface area (Å²) in [6.45, 7) is 1.64. The van der Waals surface area contributed by atoms with Gasteiger partial charge in [-0.1, -0.05) is 6.07 Å².